The van der Waals surface area contributed by atoms with Gasteiger partial charge in [-0.15, -0.1) is 0 Å². The van der Waals surface area contributed by atoms with Crippen molar-refractivity contribution in [3.05, 3.63) is 21.6 Å². The van der Waals surface area contributed by atoms with E-state index < -0.39 is 0 Å². The average Bonchev–Trinajstić information content (AvgIpc) is 2.38. The van der Waals surface area contributed by atoms with Gasteiger partial charge in [0.1, 0.15) is 5.02 Å². The van der Waals surface area contributed by atoms with E-state index in [2.05, 4.69) is 16.9 Å². The molecule has 2 N–H and O–H groups in total. The van der Waals surface area contributed by atoms with Crippen LogP contribution in [0.4, 0.5) is 5.69 Å². The van der Waals surface area contributed by atoms with Crippen molar-refractivity contribution in [3.63, 3.8) is 0 Å². The molecule has 2 unspecified atom stereocenters. The molecule has 2 atom stereocenters. The van der Waals surface area contributed by atoms with Gasteiger partial charge in [0.25, 0.3) is 5.56 Å². The number of nitrogens with two attached hydrogens (primary N) is 1. The first-order valence-corrected chi connectivity index (χ1v) is 7.54. The molecule has 20 heavy (non-hydrogen) atoms. The van der Waals surface area contributed by atoms with E-state index in [4.69, 9.17) is 17.3 Å². The van der Waals surface area contributed by atoms with Crippen LogP contribution in [-0.2, 0) is 6.54 Å². The molecule has 6 heteroatoms. The molecular weight excluding hydrogens is 276 g/mol. The number of piperidine rings is 1. The molecule has 112 valence electrons. The Morgan fingerprint density at radius 1 is 1.55 bits per heavy atom. The summed E-state index contributed by atoms with van der Waals surface area (Å²) in [4.78, 5) is 14.3. The molecule has 0 saturated carbocycles. The molecule has 1 aromatic heterocycles. The zero-order valence-corrected chi connectivity index (χ0v) is 13.1. The zero-order chi connectivity index (χ0) is 14.9. The summed E-state index contributed by atoms with van der Waals surface area (Å²) in [7, 11) is 0. The number of rotatable bonds is 3. The normalized spacial score (nSPS) is 23.4. The molecule has 1 aliphatic heterocycles. The number of hydrogen-bond acceptors (Lipinski definition) is 4. The highest BCUT2D eigenvalue weighted by Gasteiger charge is 2.25. The van der Waals surface area contributed by atoms with Crippen molar-refractivity contribution in [3.8, 4) is 0 Å². The molecule has 0 radical (unpaired) electrons. The molecule has 1 aromatic rings. The maximum absolute atomic E-state index is 12.2. The van der Waals surface area contributed by atoms with Crippen molar-refractivity contribution in [2.45, 2.75) is 39.8 Å². The van der Waals surface area contributed by atoms with Crippen molar-refractivity contribution in [2.24, 2.45) is 17.6 Å². The SMILES string of the molecule is CC(C)Cn1ncc(N2CCC(C)C(N)C2)c(Cl)c1=O. The Labute approximate surface area is 124 Å². The smallest absolute Gasteiger partial charge is 0.287 e. The number of nitrogens with zero attached hydrogens (tertiary/aromatic N) is 3. The van der Waals surface area contributed by atoms with E-state index in [9.17, 15) is 4.79 Å². The van der Waals surface area contributed by atoms with Crippen molar-refractivity contribution in [1.29, 1.82) is 0 Å². The third-order valence-electron chi connectivity index (χ3n) is 3.86. The van der Waals surface area contributed by atoms with Crippen LogP contribution in [0.15, 0.2) is 11.0 Å². The van der Waals surface area contributed by atoms with Gasteiger partial charge in [0.05, 0.1) is 11.9 Å². The third kappa shape index (κ3) is 3.15. The molecule has 0 bridgehead atoms. The van der Waals surface area contributed by atoms with Crippen LogP contribution in [0.25, 0.3) is 0 Å². The maximum Gasteiger partial charge on any atom is 0.287 e. The van der Waals surface area contributed by atoms with E-state index in [1.807, 2.05) is 13.8 Å². The fourth-order valence-electron chi connectivity index (χ4n) is 2.47. The van der Waals surface area contributed by atoms with Crippen molar-refractivity contribution in [2.75, 3.05) is 18.0 Å². The quantitative estimate of drug-likeness (QED) is 0.923. The maximum atomic E-state index is 12.2. The van der Waals surface area contributed by atoms with Gasteiger partial charge in [-0.1, -0.05) is 32.4 Å². The Morgan fingerprint density at radius 3 is 2.85 bits per heavy atom. The van der Waals surface area contributed by atoms with Gasteiger partial charge in [0.15, 0.2) is 0 Å². The number of aromatic nitrogens is 2. The average molecular weight is 299 g/mol. The minimum atomic E-state index is -0.218. The van der Waals surface area contributed by atoms with Crippen LogP contribution in [0.2, 0.25) is 5.02 Å². The molecule has 1 fully saturated rings. The highest BCUT2D eigenvalue weighted by Crippen LogP contribution is 2.26. The molecule has 0 amide bonds. The first-order valence-electron chi connectivity index (χ1n) is 7.16. The van der Waals surface area contributed by atoms with E-state index in [-0.39, 0.29) is 16.6 Å². The lowest BCUT2D eigenvalue weighted by atomic mass is 9.94. The number of hydrogen-bond donors (Lipinski definition) is 1. The van der Waals surface area contributed by atoms with Gasteiger partial charge in [-0.05, 0) is 18.3 Å². The minimum Gasteiger partial charge on any atom is -0.367 e. The highest BCUT2D eigenvalue weighted by atomic mass is 35.5. The summed E-state index contributed by atoms with van der Waals surface area (Å²) < 4.78 is 1.43. The standard InChI is InChI=1S/C14H23ClN4O/c1-9(2)7-19-14(20)13(15)12(6-17-19)18-5-4-10(3)11(16)8-18/h6,9-11H,4-5,7-8,16H2,1-3H3. The molecule has 5 nitrogen and oxygen atoms in total. The molecule has 1 saturated heterocycles. The second-order valence-corrected chi connectivity index (χ2v) is 6.48. The summed E-state index contributed by atoms with van der Waals surface area (Å²) in [5.41, 5.74) is 6.59. The van der Waals surface area contributed by atoms with E-state index in [0.717, 1.165) is 19.5 Å². The Morgan fingerprint density at radius 2 is 2.25 bits per heavy atom. The van der Waals surface area contributed by atoms with Gasteiger partial charge < -0.3 is 10.6 Å². The molecular formula is C14H23ClN4O. The molecule has 0 aromatic carbocycles. The first-order chi connectivity index (χ1) is 9.40. The second-order valence-electron chi connectivity index (χ2n) is 6.10. The van der Waals surface area contributed by atoms with Gasteiger partial charge in [-0.2, -0.15) is 5.10 Å². The summed E-state index contributed by atoms with van der Waals surface area (Å²) in [5.74, 6) is 0.852. The van der Waals surface area contributed by atoms with Crippen LogP contribution < -0.4 is 16.2 Å². The van der Waals surface area contributed by atoms with Gasteiger partial charge in [-0.3, -0.25) is 4.79 Å². The monoisotopic (exact) mass is 298 g/mol. The van der Waals surface area contributed by atoms with Crippen LogP contribution in [-0.4, -0.2) is 28.9 Å². The predicted octanol–water partition coefficient (Wildman–Crippen LogP) is 1.73. The lowest BCUT2D eigenvalue weighted by Gasteiger charge is -2.36. The van der Waals surface area contributed by atoms with E-state index >= 15 is 0 Å². The van der Waals surface area contributed by atoms with Crippen molar-refractivity contribution >= 4 is 17.3 Å². The van der Waals surface area contributed by atoms with E-state index in [1.54, 1.807) is 6.20 Å². The summed E-state index contributed by atoms with van der Waals surface area (Å²) in [6.07, 6.45) is 2.70. The Hall–Kier alpha value is -1.07. The summed E-state index contributed by atoms with van der Waals surface area (Å²) in [6, 6.07) is 0.109. The van der Waals surface area contributed by atoms with Crippen LogP contribution >= 0.6 is 11.6 Å². The van der Waals surface area contributed by atoms with Gasteiger partial charge >= 0.3 is 0 Å². The zero-order valence-electron chi connectivity index (χ0n) is 12.3. The van der Waals surface area contributed by atoms with E-state index in [1.165, 1.54) is 4.68 Å². The fraction of sp³-hybridized carbons (Fsp3) is 0.714. The predicted molar refractivity (Wildman–Crippen MR) is 82.3 cm³/mol. The van der Waals surface area contributed by atoms with Crippen LogP contribution in [0.5, 0.6) is 0 Å². The van der Waals surface area contributed by atoms with Gasteiger partial charge in [0, 0.05) is 25.7 Å². The first kappa shape index (κ1) is 15.3. The lowest BCUT2D eigenvalue weighted by Crippen LogP contribution is -2.48. The van der Waals surface area contributed by atoms with Gasteiger partial charge in [-0.25, -0.2) is 4.68 Å². The Kier molecular flexibility index (Phi) is 4.70. The Bertz CT molecular complexity index is 528. The molecule has 0 aliphatic carbocycles. The van der Waals surface area contributed by atoms with Gasteiger partial charge in [0.2, 0.25) is 0 Å². The number of halogens is 1. The van der Waals surface area contributed by atoms with Crippen LogP contribution in [0.3, 0.4) is 0 Å². The highest BCUT2D eigenvalue weighted by molar-refractivity contribution is 6.33. The van der Waals surface area contributed by atoms with Crippen LogP contribution in [0.1, 0.15) is 27.2 Å². The van der Waals surface area contributed by atoms with Crippen molar-refractivity contribution < 1.29 is 0 Å². The molecule has 2 rings (SSSR count). The summed E-state index contributed by atoms with van der Waals surface area (Å²) in [6.45, 7) is 8.40. The molecule has 0 spiro atoms. The third-order valence-corrected chi connectivity index (χ3v) is 4.22. The fourth-order valence-corrected chi connectivity index (χ4v) is 2.74. The summed E-state index contributed by atoms with van der Waals surface area (Å²) >= 11 is 6.24. The minimum absolute atomic E-state index is 0.109. The lowest BCUT2D eigenvalue weighted by molar-refractivity contribution is 0.378. The number of anilines is 1. The van der Waals surface area contributed by atoms with Crippen molar-refractivity contribution in [1.82, 2.24) is 9.78 Å². The Balaban J connectivity index is 2.26. The topological polar surface area (TPSA) is 64.2 Å². The second kappa shape index (κ2) is 6.14. The van der Waals surface area contributed by atoms with E-state index in [0.29, 0.717) is 24.1 Å². The summed E-state index contributed by atoms with van der Waals surface area (Å²) in [5, 5.41) is 4.49. The van der Waals surface area contributed by atoms with Crippen LogP contribution in [0, 0.1) is 11.8 Å². The molecule has 2 heterocycles. The molecule has 1 aliphatic rings. The largest absolute Gasteiger partial charge is 0.367 e.